The van der Waals surface area contributed by atoms with Crippen LogP contribution in [0.1, 0.15) is 16.3 Å². The van der Waals surface area contributed by atoms with Crippen molar-refractivity contribution < 1.29 is 4.79 Å². The van der Waals surface area contributed by atoms with Gasteiger partial charge in [-0.05, 0) is 44.5 Å². The Kier molecular flexibility index (Phi) is 5.99. The molecule has 29 heavy (non-hydrogen) atoms. The standard InChI is InChI=1S/C21H23ClN4OS2/c1-13-14(2)29-21-19(13)20(23-15(3)24-21)28-12-18(27)26-9-7-25(8-10-26)17-6-4-5-16(22)11-17/h4-6,11H,7-10,12H2,1-3H3. The van der Waals surface area contributed by atoms with E-state index in [4.69, 9.17) is 11.6 Å². The highest BCUT2D eigenvalue weighted by atomic mass is 35.5. The Morgan fingerprint density at radius 3 is 2.66 bits per heavy atom. The summed E-state index contributed by atoms with van der Waals surface area (Å²) in [7, 11) is 0. The zero-order valence-electron chi connectivity index (χ0n) is 16.7. The number of aryl methyl sites for hydroxylation is 3. The van der Waals surface area contributed by atoms with Gasteiger partial charge in [0.2, 0.25) is 5.91 Å². The molecular weight excluding hydrogens is 424 g/mol. The number of thiophene rings is 1. The molecule has 0 aliphatic carbocycles. The highest BCUT2D eigenvalue weighted by Crippen LogP contribution is 2.35. The van der Waals surface area contributed by atoms with Crippen molar-refractivity contribution in [2.75, 3.05) is 36.8 Å². The Hall–Kier alpha value is -1.83. The maximum absolute atomic E-state index is 12.8. The number of halogens is 1. The van der Waals surface area contributed by atoms with Crippen LogP contribution < -0.4 is 4.90 Å². The van der Waals surface area contributed by atoms with Crippen molar-refractivity contribution in [3.8, 4) is 0 Å². The second-order valence-electron chi connectivity index (χ2n) is 7.18. The van der Waals surface area contributed by atoms with Gasteiger partial charge in [0.25, 0.3) is 0 Å². The van der Waals surface area contributed by atoms with E-state index < -0.39 is 0 Å². The lowest BCUT2D eigenvalue weighted by molar-refractivity contribution is -0.128. The molecule has 0 atom stereocenters. The lowest BCUT2D eigenvalue weighted by atomic mass is 10.2. The average Bonchev–Trinajstić information content (AvgIpc) is 2.99. The summed E-state index contributed by atoms with van der Waals surface area (Å²) in [6, 6.07) is 7.88. The van der Waals surface area contributed by atoms with Crippen LogP contribution in [0.3, 0.4) is 0 Å². The van der Waals surface area contributed by atoms with Gasteiger partial charge in [0.1, 0.15) is 15.7 Å². The van der Waals surface area contributed by atoms with E-state index in [1.165, 1.54) is 22.2 Å². The fourth-order valence-electron chi connectivity index (χ4n) is 3.53. The van der Waals surface area contributed by atoms with Crippen molar-refractivity contribution in [3.05, 3.63) is 45.6 Å². The second-order valence-corrected chi connectivity index (χ2v) is 9.78. The van der Waals surface area contributed by atoms with Gasteiger partial charge in [-0.25, -0.2) is 9.97 Å². The van der Waals surface area contributed by atoms with Crippen LogP contribution in [0.2, 0.25) is 5.02 Å². The number of fused-ring (bicyclic) bond motifs is 1. The number of hydrogen-bond donors (Lipinski definition) is 0. The zero-order chi connectivity index (χ0) is 20.5. The van der Waals surface area contributed by atoms with E-state index in [-0.39, 0.29) is 5.91 Å². The Bertz CT molecular complexity index is 1060. The number of hydrogen-bond acceptors (Lipinski definition) is 6. The summed E-state index contributed by atoms with van der Waals surface area (Å²) in [5, 5.41) is 2.75. The number of aromatic nitrogens is 2. The van der Waals surface area contributed by atoms with E-state index in [0.717, 1.165) is 58.0 Å². The second kappa shape index (κ2) is 8.50. The minimum atomic E-state index is 0.162. The Labute approximate surface area is 184 Å². The molecule has 1 aromatic carbocycles. The smallest absolute Gasteiger partial charge is 0.233 e. The third-order valence-electron chi connectivity index (χ3n) is 5.25. The van der Waals surface area contributed by atoms with Crippen LogP contribution >= 0.6 is 34.7 Å². The first-order valence-corrected chi connectivity index (χ1v) is 11.8. The fraction of sp³-hybridized carbons (Fsp3) is 0.381. The molecule has 152 valence electrons. The topological polar surface area (TPSA) is 49.3 Å². The van der Waals surface area contributed by atoms with Crippen molar-refractivity contribution in [1.29, 1.82) is 0 Å². The molecule has 0 saturated carbocycles. The van der Waals surface area contributed by atoms with Crippen molar-refractivity contribution in [1.82, 2.24) is 14.9 Å². The number of thioether (sulfide) groups is 1. The molecule has 2 aromatic heterocycles. The van der Waals surface area contributed by atoms with E-state index in [2.05, 4.69) is 34.8 Å². The van der Waals surface area contributed by atoms with Gasteiger partial charge in [0.15, 0.2) is 0 Å². The molecule has 5 nitrogen and oxygen atoms in total. The van der Waals surface area contributed by atoms with Gasteiger partial charge < -0.3 is 9.80 Å². The summed E-state index contributed by atoms with van der Waals surface area (Å²) in [6.07, 6.45) is 0. The van der Waals surface area contributed by atoms with Crippen LogP contribution in [-0.2, 0) is 4.79 Å². The summed E-state index contributed by atoms with van der Waals surface area (Å²) >= 11 is 9.32. The first kappa shape index (κ1) is 20.4. The van der Waals surface area contributed by atoms with E-state index in [1.54, 1.807) is 11.3 Å². The van der Waals surface area contributed by atoms with Crippen molar-refractivity contribution in [2.45, 2.75) is 25.8 Å². The van der Waals surface area contributed by atoms with Gasteiger partial charge in [-0.15, -0.1) is 11.3 Å². The first-order valence-electron chi connectivity index (χ1n) is 9.58. The van der Waals surface area contributed by atoms with Crippen molar-refractivity contribution in [2.24, 2.45) is 0 Å². The predicted molar refractivity (Wildman–Crippen MR) is 123 cm³/mol. The molecular formula is C21H23ClN4OS2. The first-order chi connectivity index (χ1) is 13.9. The SMILES string of the molecule is Cc1nc(SCC(=O)N2CCN(c3cccc(Cl)c3)CC2)c2c(C)c(C)sc2n1. The van der Waals surface area contributed by atoms with Crippen LogP contribution in [0, 0.1) is 20.8 Å². The molecule has 0 spiro atoms. The minimum Gasteiger partial charge on any atom is -0.368 e. The lowest BCUT2D eigenvalue weighted by Gasteiger charge is -2.36. The fourth-order valence-corrected chi connectivity index (χ4v) is 5.88. The molecule has 0 bridgehead atoms. The monoisotopic (exact) mass is 446 g/mol. The van der Waals surface area contributed by atoms with Crippen molar-refractivity contribution in [3.63, 3.8) is 0 Å². The van der Waals surface area contributed by atoms with Crippen LogP contribution in [-0.4, -0.2) is 52.7 Å². The molecule has 8 heteroatoms. The highest BCUT2D eigenvalue weighted by Gasteiger charge is 2.22. The molecule has 1 fully saturated rings. The Balaban J connectivity index is 1.39. The third kappa shape index (κ3) is 4.37. The number of carbonyl (C=O) groups excluding carboxylic acids is 1. The number of benzene rings is 1. The normalized spacial score (nSPS) is 14.6. The van der Waals surface area contributed by atoms with E-state index in [1.807, 2.05) is 30.0 Å². The van der Waals surface area contributed by atoms with Crippen molar-refractivity contribution >= 4 is 56.5 Å². The van der Waals surface area contributed by atoms with E-state index in [0.29, 0.717) is 5.75 Å². The molecule has 0 N–H and O–H groups in total. The molecule has 1 aliphatic heterocycles. The number of amides is 1. The largest absolute Gasteiger partial charge is 0.368 e. The van der Waals surface area contributed by atoms with Gasteiger partial charge in [0, 0.05) is 47.2 Å². The molecule has 1 saturated heterocycles. The number of piperazine rings is 1. The van der Waals surface area contributed by atoms with Crippen LogP contribution in [0.4, 0.5) is 5.69 Å². The number of rotatable bonds is 4. The maximum atomic E-state index is 12.8. The summed E-state index contributed by atoms with van der Waals surface area (Å²) in [5.41, 5.74) is 2.33. The van der Waals surface area contributed by atoms with Crippen LogP contribution in [0.5, 0.6) is 0 Å². The zero-order valence-corrected chi connectivity index (χ0v) is 19.1. The van der Waals surface area contributed by atoms with Gasteiger partial charge in [0.05, 0.1) is 5.75 Å². The Morgan fingerprint density at radius 2 is 1.93 bits per heavy atom. The maximum Gasteiger partial charge on any atom is 0.233 e. The van der Waals surface area contributed by atoms with Gasteiger partial charge in [-0.3, -0.25) is 4.79 Å². The quantitative estimate of drug-likeness (QED) is 0.429. The van der Waals surface area contributed by atoms with Gasteiger partial charge >= 0.3 is 0 Å². The molecule has 3 heterocycles. The molecule has 1 amide bonds. The van der Waals surface area contributed by atoms with Crippen LogP contribution in [0.15, 0.2) is 29.3 Å². The summed E-state index contributed by atoms with van der Waals surface area (Å²) in [5.74, 6) is 1.32. The number of nitrogens with zero attached hydrogens (tertiary/aromatic N) is 4. The minimum absolute atomic E-state index is 0.162. The van der Waals surface area contributed by atoms with Gasteiger partial charge in [-0.2, -0.15) is 0 Å². The molecule has 1 aliphatic rings. The highest BCUT2D eigenvalue weighted by molar-refractivity contribution is 8.00. The summed E-state index contributed by atoms with van der Waals surface area (Å²) < 4.78 is 0. The number of anilines is 1. The molecule has 0 radical (unpaired) electrons. The average molecular weight is 447 g/mol. The lowest BCUT2D eigenvalue weighted by Crippen LogP contribution is -2.49. The number of carbonyl (C=O) groups is 1. The molecule has 4 rings (SSSR count). The summed E-state index contributed by atoms with van der Waals surface area (Å²) in [4.78, 5) is 28.5. The van der Waals surface area contributed by atoms with E-state index >= 15 is 0 Å². The molecule has 0 unspecified atom stereocenters. The molecule has 3 aromatic rings. The predicted octanol–water partition coefficient (Wildman–Crippen LogP) is 4.71. The van der Waals surface area contributed by atoms with Gasteiger partial charge in [-0.1, -0.05) is 29.4 Å². The summed E-state index contributed by atoms with van der Waals surface area (Å²) in [6.45, 7) is 9.20. The van der Waals surface area contributed by atoms with Crippen LogP contribution in [0.25, 0.3) is 10.2 Å². The Morgan fingerprint density at radius 1 is 1.17 bits per heavy atom. The third-order valence-corrected chi connectivity index (χ3v) is 7.54. The van der Waals surface area contributed by atoms with E-state index in [9.17, 15) is 4.79 Å².